The zero-order valence-corrected chi connectivity index (χ0v) is 14.7. The molecule has 3 aromatic rings. The van der Waals surface area contributed by atoms with Crippen LogP contribution in [0.5, 0.6) is 5.75 Å². The number of aromatic nitrogens is 2. The predicted octanol–water partition coefficient (Wildman–Crippen LogP) is 2.35. The Morgan fingerprint density at radius 2 is 1.92 bits per heavy atom. The Morgan fingerprint density at radius 1 is 1.23 bits per heavy atom. The number of nitrogens with zero attached hydrogens (tertiary/aromatic N) is 3. The van der Waals surface area contributed by atoms with Crippen LogP contribution >= 0.6 is 0 Å². The van der Waals surface area contributed by atoms with E-state index in [1.807, 2.05) is 12.1 Å². The van der Waals surface area contributed by atoms with Crippen molar-refractivity contribution >= 4 is 16.8 Å². The third-order valence-corrected chi connectivity index (χ3v) is 4.15. The third kappa shape index (κ3) is 3.28. The van der Waals surface area contributed by atoms with E-state index in [0.29, 0.717) is 12.1 Å². The Kier molecular flexibility index (Phi) is 4.71. The van der Waals surface area contributed by atoms with Crippen molar-refractivity contribution < 1.29 is 13.9 Å². The number of ether oxygens (including phenoxy) is 1. The van der Waals surface area contributed by atoms with E-state index in [-0.39, 0.29) is 11.1 Å². The highest BCUT2D eigenvalue weighted by atomic mass is 19.1. The van der Waals surface area contributed by atoms with Gasteiger partial charge in [0.1, 0.15) is 11.6 Å². The molecule has 1 aromatic heterocycles. The van der Waals surface area contributed by atoms with Crippen LogP contribution in [0.4, 0.5) is 4.39 Å². The molecule has 1 heterocycles. The number of benzene rings is 2. The Balaban J connectivity index is 1.93. The Bertz CT molecular complexity index is 1030. The van der Waals surface area contributed by atoms with Crippen LogP contribution in [0, 0.1) is 5.82 Å². The molecule has 7 heteroatoms. The van der Waals surface area contributed by atoms with Crippen molar-refractivity contribution in [3.63, 3.8) is 0 Å². The van der Waals surface area contributed by atoms with Gasteiger partial charge in [-0.25, -0.2) is 4.39 Å². The normalized spacial score (nSPS) is 10.8. The lowest BCUT2D eigenvalue weighted by molar-refractivity contribution is 0.0776. The zero-order chi connectivity index (χ0) is 18.8. The van der Waals surface area contributed by atoms with Gasteiger partial charge in [0, 0.05) is 20.6 Å². The van der Waals surface area contributed by atoms with Crippen LogP contribution in [-0.4, -0.2) is 34.7 Å². The van der Waals surface area contributed by atoms with Crippen LogP contribution in [0.25, 0.3) is 10.9 Å². The van der Waals surface area contributed by atoms with Crippen LogP contribution in [0.3, 0.4) is 0 Å². The molecule has 0 atom stereocenters. The molecule has 0 bridgehead atoms. The van der Waals surface area contributed by atoms with Gasteiger partial charge in [0.05, 0.1) is 18.0 Å². The molecule has 0 unspecified atom stereocenters. The molecule has 0 radical (unpaired) electrons. The summed E-state index contributed by atoms with van der Waals surface area (Å²) >= 11 is 0. The molecule has 2 aromatic carbocycles. The van der Waals surface area contributed by atoms with Gasteiger partial charge in [-0.3, -0.25) is 14.3 Å². The second kappa shape index (κ2) is 6.95. The number of aryl methyl sites for hydroxylation is 1. The first-order valence-corrected chi connectivity index (χ1v) is 7.95. The lowest BCUT2D eigenvalue weighted by atomic mass is 10.1. The molecule has 0 aliphatic carbocycles. The Labute approximate surface area is 149 Å². The third-order valence-electron chi connectivity index (χ3n) is 4.15. The number of hydrogen-bond acceptors (Lipinski definition) is 4. The Hall–Kier alpha value is -3.22. The number of amides is 1. The summed E-state index contributed by atoms with van der Waals surface area (Å²) in [5.41, 5.74) is 0.529. The van der Waals surface area contributed by atoms with Crippen LogP contribution in [0.2, 0.25) is 0 Å². The fraction of sp³-hybridized carbons (Fsp3) is 0.211. The van der Waals surface area contributed by atoms with Crippen molar-refractivity contribution in [2.75, 3.05) is 14.2 Å². The molecular formula is C19H18FN3O3. The van der Waals surface area contributed by atoms with Crippen molar-refractivity contribution in [3.8, 4) is 5.75 Å². The van der Waals surface area contributed by atoms with E-state index in [4.69, 9.17) is 4.74 Å². The monoisotopic (exact) mass is 355 g/mol. The standard InChI is InChI=1S/C19H18FN3O3/c1-22(11-12-4-7-14(26-3)8-5-12)19(25)17-18(24)15-10-13(20)6-9-16(15)23(2)21-17/h4-10H,11H2,1-3H3. The summed E-state index contributed by atoms with van der Waals surface area (Å²) in [5, 5.41) is 4.22. The molecule has 0 N–H and O–H groups in total. The zero-order valence-electron chi connectivity index (χ0n) is 14.7. The number of methoxy groups -OCH3 is 1. The first kappa shape index (κ1) is 17.6. The minimum absolute atomic E-state index is 0.128. The highest BCUT2D eigenvalue weighted by Gasteiger charge is 2.20. The van der Waals surface area contributed by atoms with Crippen LogP contribution in [0.1, 0.15) is 16.1 Å². The van der Waals surface area contributed by atoms with Gasteiger partial charge in [0.2, 0.25) is 5.43 Å². The van der Waals surface area contributed by atoms with Crippen molar-refractivity contribution in [1.82, 2.24) is 14.7 Å². The van der Waals surface area contributed by atoms with Crippen molar-refractivity contribution in [2.24, 2.45) is 7.05 Å². The number of rotatable bonds is 4. The molecule has 0 fully saturated rings. The molecule has 3 rings (SSSR count). The fourth-order valence-electron chi connectivity index (χ4n) is 2.75. The number of hydrogen-bond donors (Lipinski definition) is 0. The molecule has 26 heavy (non-hydrogen) atoms. The fourth-order valence-corrected chi connectivity index (χ4v) is 2.75. The maximum atomic E-state index is 13.5. The van der Waals surface area contributed by atoms with E-state index < -0.39 is 17.2 Å². The highest BCUT2D eigenvalue weighted by Crippen LogP contribution is 2.14. The maximum Gasteiger partial charge on any atom is 0.278 e. The number of carbonyl (C=O) groups is 1. The second-order valence-electron chi connectivity index (χ2n) is 5.97. The lowest BCUT2D eigenvalue weighted by Gasteiger charge is -2.17. The van der Waals surface area contributed by atoms with Gasteiger partial charge >= 0.3 is 0 Å². The lowest BCUT2D eigenvalue weighted by Crippen LogP contribution is -2.33. The van der Waals surface area contributed by atoms with E-state index in [2.05, 4.69) is 5.10 Å². The summed E-state index contributed by atoms with van der Waals surface area (Å²) in [6, 6.07) is 11.1. The molecule has 0 aliphatic heterocycles. The minimum Gasteiger partial charge on any atom is -0.497 e. The predicted molar refractivity (Wildman–Crippen MR) is 95.7 cm³/mol. The van der Waals surface area contributed by atoms with Gasteiger partial charge in [0.15, 0.2) is 5.69 Å². The first-order valence-electron chi connectivity index (χ1n) is 7.95. The average Bonchev–Trinajstić information content (AvgIpc) is 2.64. The SMILES string of the molecule is COc1ccc(CN(C)C(=O)c2nn(C)c3ccc(F)cc3c2=O)cc1. The van der Waals surface area contributed by atoms with E-state index in [1.165, 1.54) is 21.7 Å². The molecule has 6 nitrogen and oxygen atoms in total. The smallest absolute Gasteiger partial charge is 0.278 e. The topological polar surface area (TPSA) is 64.4 Å². The van der Waals surface area contributed by atoms with Gasteiger partial charge in [0.25, 0.3) is 5.91 Å². The van der Waals surface area contributed by atoms with Crippen molar-refractivity contribution in [2.45, 2.75) is 6.54 Å². The van der Waals surface area contributed by atoms with Gasteiger partial charge < -0.3 is 9.64 Å². The number of fused-ring (bicyclic) bond motifs is 1. The first-order chi connectivity index (χ1) is 12.4. The van der Waals surface area contributed by atoms with Crippen molar-refractivity contribution in [3.05, 3.63) is 69.8 Å². The van der Waals surface area contributed by atoms with E-state index in [9.17, 15) is 14.0 Å². The quantitative estimate of drug-likeness (QED) is 0.721. The van der Waals surface area contributed by atoms with Crippen LogP contribution in [0.15, 0.2) is 47.3 Å². The van der Waals surface area contributed by atoms with Crippen LogP contribution in [-0.2, 0) is 13.6 Å². The second-order valence-corrected chi connectivity index (χ2v) is 5.97. The maximum absolute atomic E-state index is 13.5. The van der Waals surface area contributed by atoms with Gasteiger partial charge in [-0.15, -0.1) is 0 Å². The number of carbonyl (C=O) groups excluding carboxylic acids is 1. The summed E-state index contributed by atoms with van der Waals surface area (Å²) in [5.74, 6) is -0.340. The van der Waals surface area contributed by atoms with Crippen molar-refractivity contribution in [1.29, 1.82) is 0 Å². The summed E-state index contributed by atoms with van der Waals surface area (Å²) in [6.45, 7) is 0.300. The summed E-state index contributed by atoms with van der Waals surface area (Å²) < 4.78 is 20.0. The summed E-state index contributed by atoms with van der Waals surface area (Å²) in [4.78, 5) is 26.7. The van der Waals surface area contributed by atoms with E-state index in [1.54, 1.807) is 33.3 Å². The number of halogens is 1. The van der Waals surface area contributed by atoms with Gasteiger partial charge in [-0.1, -0.05) is 12.1 Å². The highest BCUT2D eigenvalue weighted by molar-refractivity contribution is 5.95. The van der Waals surface area contributed by atoms with Gasteiger partial charge in [-0.05, 0) is 35.9 Å². The largest absolute Gasteiger partial charge is 0.497 e. The van der Waals surface area contributed by atoms with Crippen LogP contribution < -0.4 is 10.2 Å². The molecule has 1 amide bonds. The average molecular weight is 355 g/mol. The van der Waals surface area contributed by atoms with E-state index in [0.717, 1.165) is 17.4 Å². The van der Waals surface area contributed by atoms with Gasteiger partial charge in [-0.2, -0.15) is 5.10 Å². The minimum atomic E-state index is -0.579. The molecule has 0 aliphatic rings. The summed E-state index contributed by atoms with van der Waals surface area (Å²) in [7, 11) is 4.78. The van der Waals surface area contributed by atoms with E-state index >= 15 is 0 Å². The Morgan fingerprint density at radius 3 is 2.58 bits per heavy atom. The molecule has 134 valence electrons. The molecule has 0 spiro atoms. The summed E-state index contributed by atoms with van der Waals surface area (Å²) in [6.07, 6.45) is 0. The molecule has 0 saturated heterocycles. The molecule has 0 saturated carbocycles. The molecular weight excluding hydrogens is 337 g/mol.